The fraction of sp³-hybridized carbons (Fsp3) is 0.737. The fourth-order valence-electron chi connectivity index (χ4n) is 3.97. The number of aromatic nitrogens is 2. The van der Waals surface area contributed by atoms with E-state index in [0.717, 1.165) is 12.8 Å². The number of anilines is 2. The summed E-state index contributed by atoms with van der Waals surface area (Å²) in [6.07, 6.45) is 2.96. The van der Waals surface area contributed by atoms with Crippen LogP contribution >= 0.6 is 0 Å². The van der Waals surface area contributed by atoms with E-state index < -0.39 is 17.3 Å². The molecule has 3 N–H and O–H groups in total. The predicted octanol–water partition coefficient (Wildman–Crippen LogP) is 1.27. The molecular formula is C19H31N5O4S. The van der Waals surface area contributed by atoms with Crippen LogP contribution in [0.15, 0.2) is 6.20 Å². The van der Waals surface area contributed by atoms with Crippen molar-refractivity contribution in [3.63, 3.8) is 0 Å². The zero-order valence-electron chi connectivity index (χ0n) is 17.7. The molecular weight excluding hydrogens is 394 g/mol. The molecule has 0 saturated carbocycles. The number of carbonyl (C=O) groups excluding carboxylic acids is 1. The molecule has 2 fully saturated rings. The van der Waals surface area contributed by atoms with Crippen molar-refractivity contribution in [2.24, 2.45) is 5.41 Å². The molecule has 2 aliphatic heterocycles. The van der Waals surface area contributed by atoms with E-state index >= 15 is 0 Å². The first kappa shape index (κ1) is 22.1. The van der Waals surface area contributed by atoms with Gasteiger partial charge in [-0.3, -0.25) is 0 Å². The number of nitrogen functional groups attached to an aromatic ring is 1. The van der Waals surface area contributed by atoms with Crippen molar-refractivity contribution in [2.75, 3.05) is 37.4 Å². The highest BCUT2D eigenvalue weighted by Crippen LogP contribution is 2.43. The summed E-state index contributed by atoms with van der Waals surface area (Å²) in [7, 11) is 1.32. The van der Waals surface area contributed by atoms with Gasteiger partial charge in [0.2, 0.25) is 0 Å². The van der Waals surface area contributed by atoms with Crippen molar-refractivity contribution in [2.45, 2.75) is 57.4 Å². The van der Waals surface area contributed by atoms with Crippen LogP contribution in [-0.2, 0) is 20.8 Å². The van der Waals surface area contributed by atoms with Gasteiger partial charge in [-0.05, 0) is 40.5 Å². The second-order valence-corrected chi connectivity index (χ2v) is 10.8. The highest BCUT2D eigenvalue weighted by molar-refractivity contribution is 7.90. The van der Waals surface area contributed by atoms with E-state index in [-0.39, 0.29) is 33.8 Å². The van der Waals surface area contributed by atoms with Crippen LogP contribution in [0.5, 0.6) is 0 Å². The van der Waals surface area contributed by atoms with Gasteiger partial charge in [0.25, 0.3) is 0 Å². The van der Waals surface area contributed by atoms with Gasteiger partial charge >= 0.3 is 5.97 Å². The van der Waals surface area contributed by atoms with Gasteiger partial charge in [0.15, 0.2) is 11.5 Å². The number of nitrogens with two attached hydrogens (primary N) is 1. The lowest BCUT2D eigenvalue weighted by Gasteiger charge is -2.43. The van der Waals surface area contributed by atoms with Crippen LogP contribution in [0.25, 0.3) is 0 Å². The summed E-state index contributed by atoms with van der Waals surface area (Å²) in [6, 6.07) is -0.00304. The van der Waals surface area contributed by atoms with Gasteiger partial charge in [-0.2, -0.15) is 0 Å². The van der Waals surface area contributed by atoms with Crippen molar-refractivity contribution >= 4 is 29.0 Å². The first-order valence-electron chi connectivity index (χ1n) is 9.83. The minimum atomic E-state index is -1.18. The Morgan fingerprint density at radius 1 is 1.45 bits per heavy atom. The molecule has 0 aromatic carbocycles. The van der Waals surface area contributed by atoms with Crippen molar-refractivity contribution in [1.82, 2.24) is 14.7 Å². The number of methoxy groups -OCH3 is 1. The summed E-state index contributed by atoms with van der Waals surface area (Å²) in [4.78, 5) is 22.6. The maximum Gasteiger partial charge on any atom is 0.360 e. The average Bonchev–Trinajstić information content (AvgIpc) is 2.97. The Balaban J connectivity index is 1.77. The predicted molar refractivity (Wildman–Crippen MR) is 112 cm³/mol. The SMILES string of the molecule is COC(=O)c1ncc(N)nc1N1CCC2(CC1)CO[C@@H](C)[C@H]2N[S+]([O-])C(C)(C)C. The molecule has 0 bridgehead atoms. The van der Waals surface area contributed by atoms with Crippen LogP contribution in [0.4, 0.5) is 11.6 Å². The van der Waals surface area contributed by atoms with E-state index in [1.807, 2.05) is 32.6 Å². The molecule has 3 heterocycles. The lowest BCUT2D eigenvalue weighted by molar-refractivity contribution is 0.0593. The molecule has 0 aliphatic carbocycles. The molecule has 2 aliphatic rings. The number of piperidine rings is 1. The van der Waals surface area contributed by atoms with Crippen LogP contribution < -0.4 is 15.4 Å². The number of hydrogen-bond donors (Lipinski definition) is 2. The van der Waals surface area contributed by atoms with E-state index in [1.54, 1.807) is 0 Å². The van der Waals surface area contributed by atoms with Crippen LogP contribution in [-0.4, -0.2) is 64.2 Å². The summed E-state index contributed by atoms with van der Waals surface area (Å²) in [5.41, 5.74) is 5.86. The number of hydrogen-bond acceptors (Lipinski definition) is 9. The third kappa shape index (κ3) is 4.45. The quantitative estimate of drug-likeness (QED) is 0.542. The lowest BCUT2D eigenvalue weighted by Crippen LogP contribution is -2.56. The standard InChI is InChI=1S/C19H31N5O4S/c1-12-15(23-29(26)18(2,3)4)19(11-28-12)6-8-24(9-7-19)16-14(17(25)27-5)21-10-13(20)22-16/h10,12,15,23H,6-9,11H2,1-5H3,(H2,20,22)/t12-,15+,29?/m0/s1. The summed E-state index contributed by atoms with van der Waals surface area (Å²) < 4.78 is 26.5. The van der Waals surface area contributed by atoms with Crippen LogP contribution in [0.1, 0.15) is 51.0 Å². The Morgan fingerprint density at radius 2 is 2.10 bits per heavy atom. The maximum absolute atomic E-state index is 12.7. The number of nitrogens with one attached hydrogen (secondary N) is 1. The smallest absolute Gasteiger partial charge is 0.360 e. The van der Waals surface area contributed by atoms with E-state index in [9.17, 15) is 9.35 Å². The van der Waals surface area contributed by atoms with Crippen molar-refractivity contribution in [3.05, 3.63) is 11.9 Å². The number of nitrogens with zero attached hydrogens (tertiary/aromatic N) is 3. The fourth-order valence-corrected chi connectivity index (χ4v) is 4.99. The van der Waals surface area contributed by atoms with Gasteiger partial charge in [0, 0.05) is 29.9 Å². The zero-order chi connectivity index (χ0) is 21.4. The van der Waals surface area contributed by atoms with Crippen LogP contribution in [0.3, 0.4) is 0 Å². The van der Waals surface area contributed by atoms with E-state index in [2.05, 4.69) is 14.7 Å². The molecule has 1 aromatic rings. The lowest BCUT2D eigenvalue weighted by atomic mass is 9.73. The molecule has 29 heavy (non-hydrogen) atoms. The minimum Gasteiger partial charge on any atom is -0.598 e. The van der Waals surface area contributed by atoms with Gasteiger partial charge in [0.05, 0.1) is 32.1 Å². The van der Waals surface area contributed by atoms with E-state index in [4.69, 9.17) is 15.2 Å². The van der Waals surface area contributed by atoms with Crippen molar-refractivity contribution in [3.8, 4) is 0 Å². The summed E-state index contributed by atoms with van der Waals surface area (Å²) >= 11 is -1.18. The number of ether oxygens (including phenoxy) is 2. The summed E-state index contributed by atoms with van der Waals surface area (Å²) in [5.74, 6) is 0.165. The molecule has 10 heteroatoms. The largest absolute Gasteiger partial charge is 0.598 e. The molecule has 0 amide bonds. The second-order valence-electron chi connectivity index (χ2n) is 8.80. The topological polar surface area (TPSA) is 126 Å². The Bertz CT molecular complexity index is 749. The first-order valence-corrected chi connectivity index (χ1v) is 11.0. The molecule has 3 rings (SSSR count). The summed E-state index contributed by atoms with van der Waals surface area (Å²) in [5, 5.41) is 0. The number of carbonyl (C=O) groups is 1. The minimum absolute atomic E-state index is 0.00304. The third-order valence-corrected chi connectivity index (χ3v) is 7.34. The Labute approximate surface area is 175 Å². The Morgan fingerprint density at radius 3 is 2.69 bits per heavy atom. The van der Waals surface area contributed by atoms with Crippen LogP contribution in [0, 0.1) is 5.41 Å². The normalized spacial score (nSPS) is 25.2. The van der Waals surface area contributed by atoms with Gasteiger partial charge in [-0.1, -0.05) is 0 Å². The molecule has 3 atom stereocenters. The average molecular weight is 426 g/mol. The first-order chi connectivity index (χ1) is 13.6. The highest BCUT2D eigenvalue weighted by Gasteiger charge is 2.52. The zero-order valence-corrected chi connectivity index (χ0v) is 18.5. The van der Waals surface area contributed by atoms with E-state index in [1.165, 1.54) is 13.3 Å². The Hall–Kier alpha value is -1.62. The van der Waals surface area contributed by atoms with Gasteiger partial charge in [0.1, 0.15) is 10.6 Å². The molecule has 1 unspecified atom stereocenters. The monoisotopic (exact) mass is 425 g/mol. The molecule has 1 aromatic heterocycles. The van der Waals surface area contributed by atoms with Crippen LogP contribution in [0.2, 0.25) is 0 Å². The summed E-state index contributed by atoms with van der Waals surface area (Å²) in [6.45, 7) is 9.85. The third-order valence-electron chi connectivity index (χ3n) is 5.76. The van der Waals surface area contributed by atoms with Gasteiger partial charge < -0.3 is 24.7 Å². The van der Waals surface area contributed by atoms with Gasteiger partial charge in [-0.15, -0.1) is 4.72 Å². The number of esters is 1. The Kier molecular flexibility index (Phi) is 6.28. The molecule has 162 valence electrons. The van der Waals surface area contributed by atoms with Crippen molar-refractivity contribution < 1.29 is 18.8 Å². The molecule has 2 saturated heterocycles. The highest BCUT2D eigenvalue weighted by atomic mass is 32.2. The van der Waals surface area contributed by atoms with Gasteiger partial charge in [-0.25, -0.2) is 14.8 Å². The van der Waals surface area contributed by atoms with Crippen molar-refractivity contribution in [1.29, 1.82) is 0 Å². The van der Waals surface area contributed by atoms with E-state index in [0.29, 0.717) is 25.5 Å². The molecule has 1 spiro atoms. The number of rotatable bonds is 4. The molecule has 0 radical (unpaired) electrons. The second kappa shape index (κ2) is 8.25. The molecule has 9 nitrogen and oxygen atoms in total. The maximum atomic E-state index is 12.7.